The topological polar surface area (TPSA) is 47.3 Å². The predicted molar refractivity (Wildman–Crippen MR) is 81.6 cm³/mol. The third kappa shape index (κ3) is 3.89. The first-order valence-electron chi connectivity index (χ1n) is 7.23. The smallest absolute Gasteiger partial charge is 0.167 e. The lowest BCUT2D eigenvalue weighted by atomic mass is 10.1. The van der Waals surface area contributed by atoms with Crippen LogP contribution < -0.4 is 15.8 Å². The lowest BCUT2D eigenvalue weighted by Gasteiger charge is -2.15. The molecule has 0 unspecified atom stereocenters. The number of nitrogens with one attached hydrogen (secondary N) is 1. The molecule has 0 saturated carbocycles. The molecule has 110 valence electrons. The molecule has 1 aromatic carbocycles. The molecule has 2 rings (SSSR count). The third-order valence-electron chi connectivity index (χ3n) is 3.36. The van der Waals surface area contributed by atoms with Gasteiger partial charge >= 0.3 is 0 Å². The number of benzene rings is 1. The second-order valence-corrected chi connectivity index (χ2v) is 5.47. The van der Waals surface area contributed by atoms with Crippen LogP contribution in [0.25, 0.3) is 0 Å². The van der Waals surface area contributed by atoms with Gasteiger partial charge in [0.1, 0.15) is 0 Å². The van der Waals surface area contributed by atoms with Gasteiger partial charge in [0.15, 0.2) is 11.6 Å². The van der Waals surface area contributed by atoms with Crippen molar-refractivity contribution >= 4 is 11.4 Å². The number of allylic oxidation sites excluding steroid dienone is 1. The van der Waals surface area contributed by atoms with Crippen molar-refractivity contribution in [1.29, 1.82) is 0 Å². The zero-order chi connectivity index (χ0) is 14.5. The van der Waals surface area contributed by atoms with Gasteiger partial charge in [-0.2, -0.15) is 0 Å². The standard InChI is InChI=1S/C16H23FN2O/c1-11(2)20-16-10-15(14(18)9-13(16)17)19-8-7-12-5-3-4-6-12/h5,9-11,19H,3-4,6-8,18H2,1-2H3. The zero-order valence-corrected chi connectivity index (χ0v) is 12.2. The van der Waals surface area contributed by atoms with E-state index in [1.54, 1.807) is 6.07 Å². The minimum absolute atomic E-state index is 0.0652. The first-order valence-corrected chi connectivity index (χ1v) is 7.23. The van der Waals surface area contributed by atoms with E-state index in [0.717, 1.165) is 18.7 Å². The molecule has 0 saturated heterocycles. The van der Waals surface area contributed by atoms with Crippen LogP contribution in [0.3, 0.4) is 0 Å². The summed E-state index contributed by atoms with van der Waals surface area (Å²) in [5.74, 6) is -0.169. The Labute approximate surface area is 120 Å². The van der Waals surface area contributed by atoms with Crippen molar-refractivity contribution in [2.45, 2.75) is 45.6 Å². The number of anilines is 2. The Hall–Kier alpha value is -1.71. The van der Waals surface area contributed by atoms with Crippen LogP contribution >= 0.6 is 0 Å². The fourth-order valence-electron chi connectivity index (χ4n) is 2.39. The molecule has 1 aliphatic carbocycles. The number of hydrogen-bond acceptors (Lipinski definition) is 3. The van der Waals surface area contributed by atoms with E-state index in [0.29, 0.717) is 5.69 Å². The molecule has 0 aromatic heterocycles. The van der Waals surface area contributed by atoms with Crippen LogP contribution in [-0.4, -0.2) is 12.6 Å². The minimum Gasteiger partial charge on any atom is -0.488 e. The summed E-state index contributed by atoms with van der Waals surface area (Å²) in [6, 6.07) is 2.96. The Kier molecular flexibility index (Phi) is 4.88. The molecule has 0 spiro atoms. The maximum Gasteiger partial charge on any atom is 0.167 e. The maximum absolute atomic E-state index is 13.7. The molecule has 3 nitrogen and oxygen atoms in total. The molecule has 0 bridgehead atoms. The Morgan fingerprint density at radius 2 is 2.20 bits per heavy atom. The number of rotatable bonds is 6. The van der Waals surface area contributed by atoms with E-state index in [1.165, 1.54) is 30.9 Å². The van der Waals surface area contributed by atoms with Crippen molar-refractivity contribution in [3.63, 3.8) is 0 Å². The van der Waals surface area contributed by atoms with Crippen LogP contribution in [0, 0.1) is 5.82 Å². The summed E-state index contributed by atoms with van der Waals surface area (Å²) in [6.07, 6.45) is 6.91. The highest BCUT2D eigenvalue weighted by molar-refractivity contribution is 5.68. The SMILES string of the molecule is CC(C)Oc1cc(NCCC2=CCCC2)c(N)cc1F. The second kappa shape index (κ2) is 6.64. The van der Waals surface area contributed by atoms with E-state index in [4.69, 9.17) is 10.5 Å². The zero-order valence-electron chi connectivity index (χ0n) is 12.2. The van der Waals surface area contributed by atoms with E-state index in [-0.39, 0.29) is 11.9 Å². The third-order valence-corrected chi connectivity index (χ3v) is 3.36. The Balaban J connectivity index is 1.98. The van der Waals surface area contributed by atoms with E-state index in [2.05, 4.69) is 11.4 Å². The van der Waals surface area contributed by atoms with Gasteiger partial charge < -0.3 is 15.8 Å². The van der Waals surface area contributed by atoms with E-state index >= 15 is 0 Å². The summed E-state index contributed by atoms with van der Waals surface area (Å²) in [6.45, 7) is 4.55. The Bertz CT molecular complexity index is 497. The predicted octanol–water partition coefficient (Wildman–Crippen LogP) is 4.11. The van der Waals surface area contributed by atoms with E-state index in [1.807, 2.05) is 13.8 Å². The molecule has 1 aromatic rings. The molecule has 3 N–H and O–H groups in total. The van der Waals surface area contributed by atoms with Gasteiger partial charge in [-0.1, -0.05) is 11.6 Å². The average Bonchev–Trinajstić information content (AvgIpc) is 2.87. The largest absolute Gasteiger partial charge is 0.488 e. The first kappa shape index (κ1) is 14.7. The molecule has 4 heteroatoms. The van der Waals surface area contributed by atoms with Crippen molar-refractivity contribution in [3.8, 4) is 5.75 Å². The van der Waals surface area contributed by atoms with Crippen LogP contribution in [0.5, 0.6) is 5.75 Å². The van der Waals surface area contributed by atoms with Crippen molar-refractivity contribution in [1.82, 2.24) is 0 Å². The van der Waals surface area contributed by atoms with Gasteiger partial charge in [-0.25, -0.2) is 4.39 Å². The number of nitrogens with two attached hydrogens (primary N) is 1. The molecule has 0 amide bonds. The lowest BCUT2D eigenvalue weighted by molar-refractivity contribution is 0.231. The van der Waals surface area contributed by atoms with Crippen LogP contribution in [0.1, 0.15) is 39.5 Å². The molecule has 20 heavy (non-hydrogen) atoms. The molecule has 0 heterocycles. The number of halogens is 1. The van der Waals surface area contributed by atoms with Gasteiger partial charge in [0.05, 0.1) is 17.5 Å². The monoisotopic (exact) mass is 278 g/mol. The summed E-state index contributed by atoms with van der Waals surface area (Å²) >= 11 is 0. The molecular formula is C16H23FN2O. The minimum atomic E-state index is -0.416. The average molecular weight is 278 g/mol. The van der Waals surface area contributed by atoms with Gasteiger partial charge in [0, 0.05) is 18.7 Å². The van der Waals surface area contributed by atoms with Gasteiger partial charge in [-0.05, 0) is 39.5 Å². The van der Waals surface area contributed by atoms with Gasteiger partial charge in [-0.15, -0.1) is 0 Å². The van der Waals surface area contributed by atoms with E-state index in [9.17, 15) is 4.39 Å². The Morgan fingerprint density at radius 1 is 1.40 bits per heavy atom. The molecule has 1 aliphatic rings. The van der Waals surface area contributed by atoms with Crippen LogP contribution in [0.4, 0.5) is 15.8 Å². The number of ether oxygens (including phenoxy) is 1. The van der Waals surface area contributed by atoms with Crippen LogP contribution in [0.15, 0.2) is 23.8 Å². The highest BCUT2D eigenvalue weighted by Crippen LogP contribution is 2.29. The summed E-state index contributed by atoms with van der Waals surface area (Å²) in [5, 5.41) is 3.27. The van der Waals surface area contributed by atoms with E-state index < -0.39 is 5.82 Å². The van der Waals surface area contributed by atoms with Crippen LogP contribution in [0.2, 0.25) is 0 Å². The van der Waals surface area contributed by atoms with Crippen molar-refractivity contribution in [2.75, 3.05) is 17.6 Å². The molecule has 0 aliphatic heterocycles. The van der Waals surface area contributed by atoms with Crippen LogP contribution in [-0.2, 0) is 0 Å². The molecular weight excluding hydrogens is 255 g/mol. The highest BCUT2D eigenvalue weighted by Gasteiger charge is 2.11. The van der Waals surface area contributed by atoms with Crippen molar-refractivity contribution < 1.29 is 9.13 Å². The summed E-state index contributed by atoms with van der Waals surface area (Å²) < 4.78 is 19.2. The maximum atomic E-state index is 13.7. The second-order valence-electron chi connectivity index (χ2n) is 5.47. The summed E-state index contributed by atoms with van der Waals surface area (Å²) in [7, 11) is 0. The van der Waals surface area contributed by atoms with Crippen molar-refractivity contribution in [3.05, 3.63) is 29.6 Å². The fraction of sp³-hybridized carbons (Fsp3) is 0.500. The lowest BCUT2D eigenvalue weighted by Crippen LogP contribution is -2.10. The first-order chi connectivity index (χ1) is 9.56. The number of nitrogen functional groups attached to an aromatic ring is 1. The summed E-state index contributed by atoms with van der Waals surface area (Å²) in [5.41, 5.74) is 8.49. The van der Waals surface area contributed by atoms with Gasteiger partial charge in [0.25, 0.3) is 0 Å². The Morgan fingerprint density at radius 3 is 2.85 bits per heavy atom. The summed E-state index contributed by atoms with van der Waals surface area (Å²) in [4.78, 5) is 0. The molecule has 0 atom stereocenters. The fourth-order valence-corrected chi connectivity index (χ4v) is 2.39. The van der Waals surface area contributed by atoms with Gasteiger partial charge in [0.2, 0.25) is 0 Å². The molecule has 0 radical (unpaired) electrons. The number of hydrogen-bond donors (Lipinski definition) is 2. The quantitative estimate of drug-likeness (QED) is 0.608. The van der Waals surface area contributed by atoms with Gasteiger partial charge in [-0.3, -0.25) is 0 Å². The normalized spacial score (nSPS) is 14.5. The molecule has 0 fully saturated rings. The van der Waals surface area contributed by atoms with Crippen molar-refractivity contribution in [2.24, 2.45) is 0 Å². The highest BCUT2D eigenvalue weighted by atomic mass is 19.1.